The first kappa shape index (κ1) is 16.4. The molecule has 0 amide bonds. The molecule has 0 aliphatic rings. The standard InChI is InChI=1S/C18H21N4OS/c1-5-21(2)14-8-6-13(7-9-14)19-20-18-22(3)16-11-10-15(23-4)12-17(16)24-18/h6-12H,5H2,1-4H3/q+1. The van der Waals surface area contributed by atoms with Crippen molar-refractivity contribution >= 4 is 38.1 Å². The van der Waals surface area contributed by atoms with Crippen LogP contribution in [0.25, 0.3) is 10.2 Å². The fourth-order valence-electron chi connectivity index (χ4n) is 2.39. The average Bonchev–Trinajstić information content (AvgIpc) is 2.95. The topological polar surface area (TPSA) is 41.1 Å². The summed E-state index contributed by atoms with van der Waals surface area (Å²) in [5.41, 5.74) is 3.14. The minimum Gasteiger partial charge on any atom is -0.497 e. The number of aromatic nitrogens is 1. The quantitative estimate of drug-likeness (QED) is 0.502. The Morgan fingerprint density at radius 2 is 1.88 bits per heavy atom. The highest BCUT2D eigenvalue weighted by Gasteiger charge is 2.16. The summed E-state index contributed by atoms with van der Waals surface area (Å²) in [6.07, 6.45) is 0. The number of benzene rings is 2. The van der Waals surface area contributed by atoms with Gasteiger partial charge in [0.05, 0.1) is 24.0 Å². The van der Waals surface area contributed by atoms with Crippen LogP contribution in [0.4, 0.5) is 16.5 Å². The van der Waals surface area contributed by atoms with Gasteiger partial charge >= 0.3 is 5.13 Å². The van der Waals surface area contributed by atoms with Crippen LogP contribution in [-0.2, 0) is 7.05 Å². The SMILES string of the molecule is CCN(C)c1ccc(N=Nc2sc3cc(OC)ccc3[n+]2C)cc1. The van der Waals surface area contributed by atoms with E-state index in [4.69, 9.17) is 4.74 Å². The highest BCUT2D eigenvalue weighted by molar-refractivity contribution is 7.21. The number of methoxy groups -OCH3 is 1. The van der Waals surface area contributed by atoms with Crippen LogP contribution in [-0.4, -0.2) is 20.7 Å². The normalized spacial score (nSPS) is 11.3. The molecule has 0 aliphatic carbocycles. The zero-order valence-electron chi connectivity index (χ0n) is 14.4. The van der Waals surface area contributed by atoms with Gasteiger partial charge in [0.2, 0.25) is 0 Å². The maximum Gasteiger partial charge on any atom is 0.409 e. The van der Waals surface area contributed by atoms with Crippen molar-refractivity contribution in [2.75, 3.05) is 25.6 Å². The van der Waals surface area contributed by atoms with E-state index < -0.39 is 0 Å². The first-order valence-corrected chi connectivity index (χ1v) is 8.63. The van der Waals surface area contributed by atoms with Gasteiger partial charge in [-0.2, -0.15) is 0 Å². The van der Waals surface area contributed by atoms with E-state index in [0.717, 1.165) is 33.3 Å². The molecule has 0 N–H and O–H groups in total. The number of azo groups is 1. The van der Waals surface area contributed by atoms with E-state index in [-0.39, 0.29) is 0 Å². The van der Waals surface area contributed by atoms with Crippen molar-refractivity contribution in [2.24, 2.45) is 17.3 Å². The number of ether oxygens (including phenoxy) is 1. The lowest BCUT2D eigenvalue weighted by atomic mass is 10.2. The highest BCUT2D eigenvalue weighted by atomic mass is 32.1. The second-order valence-corrected chi connectivity index (χ2v) is 6.52. The summed E-state index contributed by atoms with van der Waals surface area (Å²) in [6, 6.07) is 14.1. The van der Waals surface area contributed by atoms with Gasteiger partial charge in [-0.25, -0.2) is 4.57 Å². The Kier molecular flexibility index (Phi) is 4.76. The highest BCUT2D eigenvalue weighted by Crippen LogP contribution is 2.30. The molecule has 3 rings (SSSR count). The molecule has 3 aromatic rings. The first-order chi connectivity index (χ1) is 11.6. The minimum absolute atomic E-state index is 0.846. The van der Waals surface area contributed by atoms with E-state index in [0.29, 0.717) is 0 Å². The molecule has 24 heavy (non-hydrogen) atoms. The van der Waals surface area contributed by atoms with Crippen LogP contribution in [0.2, 0.25) is 0 Å². The van der Waals surface area contributed by atoms with E-state index in [1.807, 2.05) is 41.9 Å². The van der Waals surface area contributed by atoms with Crippen molar-refractivity contribution in [1.29, 1.82) is 0 Å². The van der Waals surface area contributed by atoms with Crippen LogP contribution in [0.1, 0.15) is 6.92 Å². The minimum atomic E-state index is 0.846. The number of hydrogen-bond acceptors (Lipinski definition) is 5. The van der Waals surface area contributed by atoms with Crippen molar-refractivity contribution in [3.63, 3.8) is 0 Å². The molecule has 0 saturated carbocycles. The Labute approximate surface area is 145 Å². The van der Waals surface area contributed by atoms with E-state index in [1.165, 1.54) is 5.69 Å². The van der Waals surface area contributed by atoms with Gasteiger partial charge in [-0.1, -0.05) is 0 Å². The molecule has 2 aromatic carbocycles. The summed E-state index contributed by atoms with van der Waals surface area (Å²) in [5, 5.41) is 9.64. The monoisotopic (exact) mass is 341 g/mol. The first-order valence-electron chi connectivity index (χ1n) is 7.82. The maximum absolute atomic E-state index is 5.28. The van der Waals surface area contributed by atoms with Crippen LogP contribution in [0.15, 0.2) is 52.7 Å². The van der Waals surface area contributed by atoms with Crippen LogP contribution in [0, 0.1) is 0 Å². The van der Waals surface area contributed by atoms with E-state index in [1.54, 1.807) is 18.4 Å². The summed E-state index contributed by atoms with van der Waals surface area (Å²) < 4.78 is 8.45. The number of nitrogens with zero attached hydrogens (tertiary/aromatic N) is 4. The smallest absolute Gasteiger partial charge is 0.409 e. The van der Waals surface area contributed by atoms with Crippen LogP contribution in [0.5, 0.6) is 5.75 Å². The van der Waals surface area contributed by atoms with Gasteiger partial charge in [0.25, 0.3) is 0 Å². The van der Waals surface area contributed by atoms with Gasteiger partial charge < -0.3 is 9.64 Å². The molecule has 1 aromatic heterocycles. The Balaban J connectivity index is 1.86. The van der Waals surface area contributed by atoms with Crippen molar-refractivity contribution in [3.05, 3.63) is 42.5 Å². The molecule has 0 atom stereocenters. The summed E-state index contributed by atoms with van der Waals surface area (Å²) in [7, 11) is 5.75. The number of anilines is 1. The van der Waals surface area contributed by atoms with Crippen molar-refractivity contribution in [1.82, 2.24) is 0 Å². The Morgan fingerprint density at radius 3 is 2.54 bits per heavy atom. The van der Waals surface area contributed by atoms with Crippen LogP contribution < -0.4 is 14.2 Å². The molecule has 0 spiro atoms. The van der Waals surface area contributed by atoms with Gasteiger partial charge in [0.1, 0.15) is 17.0 Å². The molecule has 0 radical (unpaired) electrons. The molecular formula is C18H21N4OS+. The van der Waals surface area contributed by atoms with Crippen LogP contribution >= 0.6 is 11.3 Å². The Morgan fingerprint density at radius 1 is 1.12 bits per heavy atom. The molecule has 0 fully saturated rings. The third-order valence-electron chi connectivity index (χ3n) is 4.03. The second kappa shape index (κ2) is 6.97. The van der Waals surface area contributed by atoms with Crippen molar-refractivity contribution in [2.45, 2.75) is 6.92 Å². The predicted molar refractivity (Wildman–Crippen MR) is 99.1 cm³/mol. The Hall–Kier alpha value is -2.47. The third-order valence-corrected chi connectivity index (χ3v) is 5.12. The molecule has 1 heterocycles. The molecule has 0 saturated heterocycles. The third kappa shape index (κ3) is 3.23. The lowest BCUT2D eigenvalue weighted by Gasteiger charge is -2.15. The molecule has 6 heteroatoms. The Bertz CT molecular complexity index is 871. The van der Waals surface area contributed by atoms with Gasteiger partial charge in [0, 0.05) is 25.3 Å². The molecular weight excluding hydrogens is 320 g/mol. The maximum atomic E-state index is 5.28. The number of aryl methyl sites for hydroxylation is 1. The number of fused-ring (bicyclic) bond motifs is 1. The lowest BCUT2D eigenvalue weighted by Crippen LogP contribution is -2.25. The zero-order chi connectivity index (χ0) is 17.1. The van der Waals surface area contributed by atoms with E-state index >= 15 is 0 Å². The summed E-state index contributed by atoms with van der Waals surface area (Å²) in [5.74, 6) is 0.850. The predicted octanol–water partition coefficient (Wildman–Crippen LogP) is 4.61. The number of hydrogen-bond donors (Lipinski definition) is 0. The molecule has 124 valence electrons. The number of thiazole rings is 1. The number of rotatable bonds is 5. The van der Waals surface area contributed by atoms with E-state index in [9.17, 15) is 0 Å². The summed E-state index contributed by atoms with van der Waals surface area (Å²) >= 11 is 1.60. The zero-order valence-corrected chi connectivity index (χ0v) is 15.2. The summed E-state index contributed by atoms with van der Waals surface area (Å²) in [6.45, 7) is 3.10. The molecule has 0 unspecified atom stereocenters. The average molecular weight is 341 g/mol. The van der Waals surface area contributed by atoms with Crippen molar-refractivity contribution < 1.29 is 9.30 Å². The molecule has 0 aliphatic heterocycles. The molecule has 5 nitrogen and oxygen atoms in total. The molecule has 0 bridgehead atoms. The van der Waals surface area contributed by atoms with Gasteiger partial charge in [0.15, 0.2) is 0 Å². The largest absolute Gasteiger partial charge is 0.497 e. The second-order valence-electron chi connectivity index (χ2n) is 5.51. The van der Waals surface area contributed by atoms with Crippen molar-refractivity contribution in [3.8, 4) is 5.75 Å². The van der Waals surface area contributed by atoms with Gasteiger partial charge in [-0.3, -0.25) is 0 Å². The fourth-order valence-corrected chi connectivity index (χ4v) is 3.39. The van der Waals surface area contributed by atoms with E-state index in [2.05, 4.69) is 41.2 Å². The van der Waals surface area contributed by atoms with Gasteiger partial charge in [-0.05, 0) is 59.8 Å². The summed E-state index contributed by atoms with van der Waals surface area (Å²) in [4.78, 5) is 2.18. The van der Waals surface area contributed by atoms with Crippen LogP contribution in [0.3, 0.4) is 0 Å². The van der Waals surface area contributed by atoms with Gasteiger partial charge in [-0.15, -0.1) is 0 Å². The fraction of sp³-hybridized carbons (Fsp3) is 0.278. The lowest BCUT2D eigenvalue weighted by molar-refractivity contribution is -0.627.